The Morgan fingerprint density at radius 3 is 2.86 bits per heavy atom. The normalized spacial score (nSPS) is 33.5. The lowest BCUT2D eigenvalue weighted by Crippen LogP contribution is -2.42. The number of benzene rings is 1. The maximum Gasteiger partial charge on any atom is 0.255 e. The third-order valence-electron chi connectivity index (χ3n) is 7.40. The highest BCUT2D eigenvalue weighted by Gasteiger charge is 2.63. The second-order valence-corrected chi connectivity index (χ2v) is 8.79. The highest BCUT2D eigenvalue weighted by Crippen LogP contribution is 2.55. The Morgan fingerprint density at radius 1 is 1.29 bits per heavy atom. The van der Waals surface area contributed by atoms with E-state index in [2.05, 4.69) is 5.32 Å². The van der Waals surface area contributed by atoms with Crippen molar-refractivity contribution in [2.24, 2.45) is 17.8 Å². The van der Waals surface area contributed by atoms with E-state index in [1.54, 1.807) is 19.2 Å². The average Bonchev–Trinajstić information content (AvgIpc) is 3.33. The molecule has 2 amide bonds. The third kappa shape index (κ3) is 2.72. The van der Waals surface area contributed by atoms with Crippen LogP contribution in [-0.4, -0.2) is 55.2 Å². The summed E-state index contributed by atoms with van der Waals surface area (Å²) in [6, 6.07) is 7.27. The Bertz CT molecular complexity index is 792. The van der Waals surface area contributed by atoms with Crippen LogP contribution < -0.4 is 10.1 Å². The van der Waals surface area contributed by atoms with Crippen LogP contribution in [0.15, 0.2) is 24.3 Å². The Morgan fingerprint density at radius 2 is 2.11 bits per heavy atom. The first-order valence-electron chi connectivity index (χ1n) is 10.5. The van der Waals surface area contributed by atoms with Gasteiger partial charge in [0.15, 0.2) is 0 Å². The summed E-state index contributed by atoms with van der Waals surface area (Å²) in [6.45, 7) is 2.10. The number of ether oxygens (including phenoxy) is 2. The zero-order valence-electron chi connectivity index (χ0n) is 16.4. The lowest BCUT2D eigenvalue weighted by molar-refractivity contribution is -0.138. The van der Waals surface area contributed by atoms with Crippen molar-refractivity contribution in [3.63, 3.8) is 0 Å². The van der Waals surface area contributed by atoms with Crippen LogP contribution in [0, 0.1) is 17.8 Å². The first-order chi connectivity index (χ1) is 13.6. The van der Waals surface area contributed by atoms with Crippen molar-refractivity contribution in [1.82, 2.24) is 10.2 Å². The van der Waals surface area contributed by atoms with Crippen LogP contribution in [0.3, 0.4) is 0 Å². The number of amides is 2. The van der Waals surface area contributed by atoms with Gasteiger partial charge in [0.1, 0.15) is 5.75 Å². The lowest BCUT2D eigenvalue weighted by Gasteiger charge is -2.30. The van der Waals surface area contributed by atoms with Crippen molar-refractivity contribution in [3.05, 3.63) is 29.8 Å². The molecule has 4 atom stereocenters. The van der Waals surface area contributed by atoms with Gasteiger partial charge in [0, 0.05) is 30.8 Å². The van der Waals surface area contributed by atoms with Gasteiger partial charge < -0.3 is 19.7 Å². The number of nitrogens with one attached hydrogen (secondary N) is 1. The molecule has 0 unspecified atom stereocenters. The molecule has 1 saturated carbocycles. The summed E-state index contributed by atoms with van der Waals surface area (Å²) in [4.78, 5) is 27.5. The van der Waals surface area contributed by atoms with Gasteiger partial charge >= 0.3 is 0 Å². The monoisotopic (exact) mass is 384 g/mol. The zero-order valence-corrected chi connectivity index (χ0v) is 16.4. The molecule has 3 aliphatic heterocycles. The van der Waals surface area contributed by atoms with E-state index >= 15 is 0 Å². The van der Waals surface area contributed by atoms with E-state index in [0.717, 1.165) is 38.8 Å². The fraction of sp³-hybridized carbons (Fsp3) is 0.636. The summed E-state index contributed by atoms with van der Waals surface area (Å²) in [5, 5.41) is 3.10. The molecule has 1 spiro atoms. The molecule has 6 heteroatoms. The molecule has 4 aliphatic rings. The SMILES string of the molecule is COc1ccccc1C(=O)NC[C@H]1[C@H]2CN(C(=O)C3CCC3)C[C@]23CC[C@H]1O3. The molecule has 1 aliphatic carbocycles. The Hall–Kier alpha value is -2.08. The number of rotatable bonds is 5. The van der Waals surface area contributed by atoms with Crippen molar-refractivity contribution in [3.8, 4) is 5.75 Å². The molecular formula is C22H28N2O4. The van der Waals surface area contributed by atoms with Gasteiger partial charge in [0.05, 0.1) is 30.9 Å². The van der Waals surface area contributed by atoms with E-state index in [0.29, 0.717) is 29.7 Å². The molecule has 5 rings (SSSR count). The molecule has 150 valence electrons. The van der Waals surface area contributed by atoms with E-state index in [1.807, 2.05) is 17.0 Å². The van der Waals surface area contributed by atoms with Crippen molar-refractivity contribution in [1.29, 1.82) is 0 Å². The predicted octanol–water partition coefficient (Wildman–Crippen LogP) is 2.23. The van der Waals surface area contributed by atoms with E-state index in [1.165, 1.54) is 6.42 Å². The number of para-hydroxylation sites is 1. The van der Waals surface area contributed by atoms with E-state index in [-0.39, 0.29) is 29.4 Å². The lowest BCUT2D eigenvalue weighted by atomic mass is 9.73. The standard InChI is InChI=1S/C22H28N2O4/c1-27-18-8-3-2-7-15(18)20(25)23-11-16-17-12-24(21(26)14-5-4-6-14)13-22(17)10-9-19(16)28-22/h2-3,7-8,14,16-17,19H,4-6,9-13H2,1H3,(H,23,25)/t16-,17+,19+,22+/m0/s1. The molecule has 2 bridgehead atoms. The fourth-order valence-corrected chi connectivity index (χ4v) is 5.68. The van der Waals surface area contributed by atoms with Gasteiger partial charge in [-0.3, -0.25) is 9.59 Å². The number of likely N-dealkylation sites (tertiary alicyclic amines) is 1. The minimum Gasteiger partial charge on any atom is -0.496 e. The number of hydrogen-bond donors (Lipinski definition) is 1. The average molecular weight is 384 g/mol. The number of methoxy groups -OCH3 is 1. The molecule has 3 heterocycles. The van der Waals surface area contributed by atoms with Crippen LogP contribution in [0.5, 0.6) is 5.75 Å². The molecule has 6 nitrogen and oxygen atoms in total. The van der Waals surface area contributed by atoms with Crippen LogP contribution in [0.1, 0.15) is 42.5 Å². The maximum atomic E-state index is 12.7. The van der Waals surface area contributed by atoms with Crippen molar-refractivity contribution >= 4 is 11.8 Å². The van der Waals surface area contributed by atoms with Crippen molar-refractivity contribution in [2.75, 3.05) is 26.7 Å². The molecule has 0 radical (unpaired) electrons. The summed E-state index contributed by atoms with van der Waals surface area (Å²) in [7, 11) is 1.58. The highest BCUT2D eigenvalue weighted by molar-refractivity contribution is 5.96. The fourth-order valence-electron chi connectivity index (χ4n) is 5.68. The highest BCUT2D eigenvalue weighted by atomic mass is 16.5. The Balaban J connectivity index is 1.26. The van der Waals surface area contributed by atoms with Gasteiger partial charge in [0.2, 0.25) is 5.91 Å². The van der Waals surface area contributed by atoms with Crippen LogP contribution in [0.2, 0.25) is 0 Å². The summed E-state index contributed by atoms with van der Waals surface area (Å²) in [5.74, 6) is 1.61. The number of carbonyl (C=O) groups excluding carboxylic acids is 2. The molecule has 28 heavy (non-hydrogen) atoms. The zero-order chi connectivity index (χ0) is 19.3. The molecule has 4 fully saturated rings. The van der Waals surface area contributed by atoms with Gasteiger partial charge in [-0.2, -0.15) is 0 Å². The molecule has 3 saturated heterocycles. The summed E-state index contributed by atoms with van der Waals surface area (Å²) in [5.41, 5.74) is 0.376. The second-order valence-electron chi connectivity index (χ2n) is 8.79. The second kappa shape index (κ2) is 6.76. The molecular weight excluding hydrogens is 356 g/mol. The Kier molecular flexibility index (Phi) is 4.34. The molecule has 1 N–H and O–H groups in total. The molecule has 1 aromatic carbocycles. The maximum absolute atomic E-state index is 12.7. The first-order valence-corrected chi connectivity index (χ1v) is 10.5. The van der Waals surface area contributed by atoms with Gasteiger partial charge in [-0.05, 0) is 37.8 Å². The van der Waals surface area contributed by atoms with Gasteiger partial charge in [-0.1, -0.05) is 18.6 Å². The van der Waals surface area contributed by atoms with Crippen molar-refractivity contribution in [2.45, 2.75) is 43.8 Å². The van der Waals surface area contributed by atoms with Gasteiger partial charge in [-0.25, -0.2) is 0 Å². The number of hydrogen-bond acceptors (Lipinski definition) is 4. The van der Waals surface area contributed by atoms with Crippen LogP contribution in [-0.2, 0) is 9.53 Å². The molecule has 0 aromatic heterocycles. The summed E-state index contributed by atoms with van der Waals surface area (Å²) >= 11 is 0. The quantitative estimate of drug-likeness (QED) is 0.845. The summed E-state index contributed by atoms with van der Waals surface area (Å²) in [6.07, 6.45) is 5.51. The predicted molar refractivity (Wildman–Crippen MR) is 103 cm³/mol. The van der Waals surface area contributed by atoms with Crippen molar-refractivity contribution < 1.29 is 19.1 Å². The Labute approximate surface area is 165 Å². The number of nitrogens with zero attached hydrogens (tertiary/aromatic N) is 1. The van der Waals surface area contributed by atoms with E-state index in [4.69, 9.17) is 9.47 Å². The minimum absolute atomic E-state index is 0.116. The first kappa shape index (κ1) is 18.0. The van der Waals surface area contributed by atoms with Gasteiger partial charge in [0.25, 0.3) is 5.91 Å². The van der Waals surface area contributed by atoms with Crippen LogP contribution in [0.25, 0.3) is 0 Å². The van der Waals surface area contributed by atoms with Crippen LogP contribution >= 0.6 is 0 Å². The third-order valence-corrected chi connectivity index (χ3v) is 7.40. The molecule has 1 aromatic rings. The smallest absolute Gasteiger partial charge is 0.255 e. The van der Waals surface area contributed by atoms with E-state index < -0.39 is 0 Å². The van der Waals surface area contributed by atoms with E-state index in [9.17, 15) is 9.59 Å². The van der Waals surface area contributed by atoms with Crippen LogP contribution in [0.4, 0.5) is 0 Å². The topological polar surface area (TPSA) is 67.9 Å². The van der Waals surface area contributed by atoms with Gasteiger partial charge in [-0.15, -0.1) is 0 Å². The number of carbonyl (C=O) groups is 2. The number of fused-ring (bicyclic) bond motifs is 1. The summed E-state index contributed by atoms with van der Waals surface area (Å²) < 4.78 is 11.7. The minimum atomic E-state index is -0.177. The largest absolute Gasteiger partial charge is 0.496 e.